The Labute approximate surface area is 109 Å². The van der Waals surface area contributed by atoms with Crippen molar-refractivity contribution in [3.8, 4) is 0 Å². The van der Waals surface area contributed by atoms with E-state index in [1.54, 1.807) is 0 Å². The molecule has 18 heavy (non-hydrogen) atoms. The van der Waals surface area contributed by atoms with E-state index in [9.17, 15) is 4.79 Å². The molecule has 0 aromatic heterocycles. The lowest BCUT2D eigenvalue weighted by molar-refractivity contribution is -0.151. The van der Waals surface area contributed by atoms with Gasteiger partial charge in [-0.1, -0.05) is 37.3 Å². The van der Waals surface area contributed by atoms with Crippen LogP contribution in [0.5, 0.6) is 0 Å². The number of hydrogen-bond donors (Lipinski definition) is 0. The molecule has 1 heterocycles. The van der Waals surface area contributed by atoms with Crippen LogP contribution >= 0.6 is 0 Å². The van der Waals surface area contributed by atoms with Crippen molar-refractivity contribution in [1.82, 2.24) is 4.90 Å². The molecule has 3 nitrogen and oxygen atoms in total. The highest BCUT2D eigenvalue weighted by Gasteiger charge is 2.24. The number of hydrogen-bond acceptors (Lipinski definition) is 3. The van der Waals surface area contributed by atoms with E-state index < -0.39 is 0 Å². The van der Waals surface area contributed by atoms with Gasteiger partial charge in [0.25, 0.3) is 0 Å². The van der Waals surface area contributed by atoms with Gasteiger partial charge < -0.3 is 9.64 Å². The SMILES string of the molecule is CCC(CN1CCC1)C(=O)OCc1ccccc1. The number of benzene rings is 1. The van der Waals surface area contributed by atoms with Crippen LogP contribution < -0.4 is 0 Å². The molecule has 0 saturated carbocycles. The first kappa shape index (κ1) is 13.1. The van der Waals surface area contributed by atoms with E-state index in [2.05, 4.69) is 4.90 Å². The number of nitrogens with zero attached hydrogens (tertiary/aromatic N) is 1. The summed E-state index contributed by atoms with van der Waals surface area (Å²) in [5.41, 5.74) is 1.05. The molecule has 0 N–H and O–H groups in total. The van der Waals surface area contributed by atoms with E-state index in [4.69, 9.17) is 4.74 Å². The van der Waals surface area contributed by atoms with E-state index in [0.29, 0.717) is 6.61 Å². The monoisotopic (exact) mass is 247 g/mol. The summed E-state index contributed by atoms with van der Waals surface area (Å²) < 4.78 is 5.38. The second-order valence-corrected chi connectivity index (χ2v) is 4.85. The minimum absolute atomic E-state index is 0.0222. The summed E-state index contributed by atoms with van der Waals surface area (Å²) in [6, 6.07) is 9.83. The second kappa shape index (κ2) is 6.55. The number of rotatable bonds is 6. The van der Waals surface area contributed by atoms with Gasteiger partial charge in [0.15, 0.2) is 0 Å². The third kappa shape index (κ3) is 3.57. The first-order chi connectivity index (χ1) is 8.79. The second-order valence-electron chi connectivity index (χ2n) is 4.85. The zero-order valence-corrected chi connectivity index (χ0v) is 11.0. The van der Waals surface area contributed by atoms with E-state index in [1.807, 2.05) is 37.3 Å². The molecule has 0 aliphatic carbocycles. The molecule has 0 bridgehead atoms. The lowest BCUT2D eigenvalue weighted by Crippen LogP contribution is -2.42. The van der Waals surface area contributed by atoms with Crippen LogP contribution in [0.2, 0.25) is 0 Å². The molecule has 1 aromatic carbocycles. The van der Waals surface area contributed by atoms with E-state index in [-0.39, 0.29) is 11.9 Å². The number of esters is 1. The van der Waals surface area contributed by atoms with Gasteiger partial charge in [-0.25, -0.2) is 0 Å². The number of carbonyl (C=O) groups is 1. The standard InChI is InChI=1S/C15H21NO2/c1-2-14(11-16-9-6-10-16)15(17)18-12-13-7-4-3-5-8-13/h3-5,7-8,14H,2,6,9-12H2,1H3. The number of carbonyl (C=O) groups excluding carboxylic acids is 1. The fourth-order valence-electron chi connectivity index (χ4n) is 2.09. The van der Waals surface area contributed by atoms with Crippen LogP contribution in [0.1, 0.15) is 25.3 Å². The first-order valence-corrected chi connectivity index (χ1v) is 6.72. The summed E-state index contributed by atoms with van der Waals surface area (Å²) in [5.74, 6) is -0.0396. The van der Waals surface area contributed by atoms with Gasteiger partial charge in [-0.05, 0) is 31.5 Å². The molecule has 1 aromatic rings. The summed E-state index contributed by atoms with van der Waals surface area (Å²) in [5, 5.41) is 0. The quantitative estimate of drug-likeness (QED) is 0.723. The molecular weight excluding hydrogens is 226 g/mol. The Morgan fingerprint density at radius 1 is 1.33 bits per heavy atom. The van der Waals surface area contributed by atoms with Crippen molar-refractivity contribution in [2.75, 3.05) is 19.6 Å². The molecule has 1 atom stereocenters. The van der Waals surface area contributed by atoms with E-state index >= 15 is 0 Å². The van der Waals surface area contributed by atoms with Gasteiger partial charge in [0.1, 0.15) is 6.61 Å². The molecule has 0 spiro atoms. The van der Waals surface area contributed by atoms with Gasteiger partial charge in [0.05, 0.1) is 5.92 Å². The van der Waals surface area contributed by atoms with Crippen molar-refractivity contribution >= 4 is 5.97 Å². The molecule has 1 aliphatic rings. The van der Waals surface area contributed by atoms with E-state index in [0.717, 1.165) is 31.6 Å². The first-order valence-electron chi connectivity index (χ1n) is 6.72. The Balaban J connectivity index is 1.78. The van der Waals surface area contributed by atoms with Crippen LogP contribution in [-0.4, -0.2) is 30.5 Å². The van der Waals surface area contributed by atoms with Crippen molar-refractivity contribution in [2.24, 2.45) is 5.92 Å². The van der Waals surface area contributed by atoms with Crippen molar-refractivity contribution in [3.63, 3.8) is 0 Å². The molecule has 3 heteroatoms. The summed E-state index contributed by atoms with van der Waals surface area (Å²) in [6.45, 7) is 5.54. The summed E-state index contributed by atoms with van der Waals surface area (Å²) in [7, 11) is 0. The highest BCUT2D eigenvalue weighted by atomic mass is 16.5. The Kier molecular flexibility index (Phi) is 4.76. The maximum Gasteiger partial charge on any atom is 0.310 e. The zero-order valence-electron chi connectivity index (χ0n) is 11.0. The lowest BCUT2D eigenvalue weighted by Gasteiger charge is -2.33. The van der Waals surface area contributed by atoms with Gasteiger partial charge in [-0.3, -0.25) is 4.79 Å². The van der Waals surface area contributed by atoms with Crippen LogP contribution in [-0.2, 0) is 16.1 Å². The van der Waals surface area contributed by atoms with Crippen LogP contribution in [0.4, 0.5) is 0 Å². The van der Waals surface area contributed by atoms with E-state index in [1.165, 1.54) is 6.42 Å². The maximum absolute atomic E-state index is 12.0. The van der Waals surface area contributed by atoms with Gasteiger partial charge in [0, 0.05) is 6.54 Å². The van der Waals surface area contributed by atoms with Crippen LogP contribution in [0.3, 0.4) is 0 Å². The number of likely N-dealkylation sites (tertiary alicyclic amines) is 1. The summed E-state index contributed by atoms with van der Waals surface area (Å²) in [4.78, 5) is 14.3. The fourth-order valence-corrected chi connectivity index (χ4v) is 2.09. The molecule has 0 amide bonds. The highest BCUT2D eigenvalue weighted by molar-refractivity contribution is 5.72. The predicted molar refractivity (Wildman–Crippen MR) is 71.1 cm³/mol. The Hall–Kier alpha value is -1.35. The van der Waals surface area contributed by atoms with Crippen molar-refractivity contribution < 1.29 is 9.53 Å². The van der Waals surface area contributed by atoms with Crippen molar-refractivity contribution in [1.29, 1.82) is 0 Å². The molecule has 98 valence electrons. The minimum Gasteiger partial charge on any atom is -0.461 e. The van der Waals surface area contributed by atoms with Crippen LogP contribution in [0.15, 0.2) is 30.3 Å². The average Bonchev–Trinajstić information content (AvgIpc) is 2.36. The largest absolute Gasteiger partial charge is 0.461 e. The van der Waals surface area contributed by atoms with Gasteiger partial charge in [-0.15, -0.1) is 0 Å². The van der Waals surface area contributed by atoms with Crippen LogP contribution in [0.25, 0.3) is 0 Å². The Morgan fingerprint density at radius 3 is 2.61 bits per heavy atom. The molecule has 2 rings (SSSR count). The third-order valence-corrected chi connectivity index (χ3v) is 3.48. The van der Waals surface area contributed by atoms with Gasteiger partial charge >= 0.3 is 5.97 Å². The van der Waals surface area contributed by atoms with Crippen LogP contribution in [0, 0.1) is 5.92 Å². The third-order valence-electron chi connectivity index (χ3n) is 3.48. The fraction of sp³-hybridized carbons (Fsp3) is 0.533. The van der Waals surface area contributed by atoms with Crippen molar-refractivity contribution in [3.05, 3.63) is 35.9 Å². The maximum atomic E-state index is 12.0. The molecule has 1 unspecified atom stereocenters. The normalized spacial score (nSPS) is 16.9. The summed E-state index contributed by atoms with van der Waals surface area (Å²) >= 11 is 0. The molecule has 0 radical (unpaired) electrons. The zero-order chi connectivity index (χ0) is 12.8. The molecule has 1 saturated heterocycles. The number of ether oxygens (including phenoxy) is 1. The predicted octanol–water partition coefficient (Wildman–Crippen LogP) is 2.46. The molecule has 1 aliphatic heterocycles. The minimum atomic E-state index is -0.0618. The van der Waals surface area contributed by atoms with Gasteiger partial charge in [-0.2, -0.15) is 0 Å². The Bertz CT molecular complexity index is 373. The molecule has 1 fully saturated rings. The van der Waals surface area contributed by atoms with Crippen molar-refractivity contribution in [2.45, 2.75) is 26.4 Å². The summed E-state index contributed by atoms with van der Waals surface area (Å²) in [6.07, 6.45) is 2.11. The highest BCUT2D eigenvalue weighted by Crippen LogP contribution is 2.14. The Morgan fingerprint density at radius 2 is 2.06 bits per heavy atom. The topological polar surface area (TPSA) is 29.5 Å². The smallest absolute Gasteiger partial charge is 0.310 e. The lowest BCUT2D eigenvalue weighted by atomic mass is 10.0. The van der Waals surface area contributed by atoms with Gasteiger partial charge in [0.2, 0.25) is 0 Å². The average molecular weight is 247 g/mol. The molecular formula is C15H21NO2.